The molecule has 2 N–H and O–H groups in total. The predicted octanol–water partition coefficient (Wildman–Crippen LogP) is 2.78. The number of nitrogens with one attached hydrogen (secondary N) is 1. The Hall–Kier alpha value is -2.43. The van der Waals surface area contributed by atoms with E-state index >= 15 is 0 Å². The van der Waals surface area contributed by atoms with Crippen molar-refractivity contribution < 1.29 is 9.90 Å². The van der Waals surface area contributed by atoms with Gasteiger partial charge in [0.1, 0.15) is 5.82 Å². The van der Waals surface area contributed by atoms with E-state index in [1.165, 1.54) is 18.0 Å². The van der Waals surface area contributed by atoms with Crippen molar-refractivity contribution in [2.45, 2.75) is 19.3 Å². The van der Waals surface area contributed by atoms with E-state index in [0.29, 0.717) is 11.7 Å². The molecule has 0 saturated carbocycles. The van der Waals surface area contributed by atoms with Crippen LogP contribution in [0.4, 0.5) is 5.82 Å². The average molecular weight is 271 g/mol. The second-order valence-electron chi connectivity index (χ2n) is 4.62. The minimum absolute atomic E-state index is 0.0480. The van der Waals surface area contributed by atoms with Crippen molar-refractivity contribution in [2.75, 3.05) is 11.9 Å². The highest BCUT2D eigenvalue weighted by Gasteiger charge is 2.06. The molecule has 5 heteroatoms. The van der Waals surface area contributed by atoms with E-state index in [1.54, 1.807) is 0 Å². The lowest BCUT2D eigenvalue weighted by molar-refractivity contribution is 0.0690. The summed E-state index contributed by atoms with van der Waals surface area (Å²) in [7, 11) is 0. The third-order valence-electron chi connectivity index (χ3n) is 3.12. The molecule has 0 bridgehead atoms. The maximum atomic E-state index is 10.6. The summed E-state index contributed by atoms with van der Waals surface area (Å²) in [6.45, 7) is 2.94. The molecule has 1 heterocycles. The van der Waals surface area contributed by atoms with Crippen LogP contribution < -0.4 is 5.32 Å². The summed E-state index contributed by atoms with van der Waals surface area (Å²) in [6, 6.07) is 10.3. The maximum Gasteiger partial charge on any atom is 0.356 e. The second-order valence-corrected chi connectivity index (χ2v) is 4.62. The Morgan fingerprint density at radius 1 is 1.25 bits per heavy atom. The van der Waals surface area contributed by atoms with Crippen molar-refractivity contribution in [3.8, 4) is 0 Å². The fourth-order valence-corrected chi connectivity index (χ4v) is 1.89. The summed E-state index contributed by atoms with van der Waals surface area (Å²) in [5, 5.41) is 11.9. The van der Waals surface area contributed by atoms with E-state index in [-0.39, 0.29) is 5.69 Å². The zero-order chi connectivity index (χ0) is 14.4. The van der Waals surface area contributed by atoms with Crippen molar-refractivity contribution in [3.63, 3.8) is 0 Å². The molecule has 0 radical (unpaired) electrons. The van der Waals surface area contributed by atoms with Crippen LogP contribution in [-0.4, -0.2) is 27.6 Å². The van der Waals surface area contributed by atoms with Gasteiger partial charge in [0.05, 0.1) is 12.4 Å². The van der Waals surface area contributed by atoms with Gasteiger partial charge in [-0.25, -0.2) is 14.8 Å². The maximum absolute atomic E-state index is 10.6. The Kier molecular flexibility index (Phi) is 4.65. The van der Waals surface area contributed by atoms with Crippen molar-refractivity contribution >= 4 is 11.8 Å². The lowest BCUT2D eigenvalue weighted by atomic mass is 9.98. The molecule has 104 valence electrons. The fourth-order valence-electron chi connectivity index (χ4n) is 1.89. The molecule has 1 atom stereocenters. The number of aromatic carboxylic acids is 1. The summed E-state index contributed by atoms with van der Waals surface area (Å²) < 4.78 is 0. The monoisotopic (exact) mass is 271 g/mol. The molecular formula is C15H17N3O2. The highest BCUT2D eigenvalue weighted by molar-refractivity contribution is 5.84. The van der Waals surface area contributed by atoms with Gasteiger partial charge in [-0.15, -0.1) is 0 Å². The smallest absolute Gasteiger partial charge is 0.356 e. The first-order valence-corrected chi connectivity index (χ1v) is 6.51. The van der Waals surface area contributed by atoms with E-state index in [4.69, 9.17) is 5.11 Å². The lowest BCUT2D eigenvalue weighted by Gasteiger charge is -2.12. The van der Waals surface area contributed by atoms with Crippen LogP contribution in [0, 0.1) is 0 Å². The molecule has 20 heavy (non-hydrogen) atoms. The van der Waals surface area contributed by atoms with Gasteiger partial charge >= 0.3 is 5.97 Å². The van der Waals surface area contributed by atoms with Crippen molar-refractivity contribution in [2.24, 2.45) is 0 Å². The van der Waals surface area contributed by atoms with E-state index in [9.17, 15) is 4.79 Å². The molecule has 0 aliphatic carbocycles. The molecule has 1 unspecified atom stereocenters. The SMILES string of the molecule is CC(CCNc1cnc(C(=O)O)cn1)c1ccccc1. The van der Waals surface area contributed by atoms with E-state index in [2.05, 4.69) is 34.3 Å². The summed E-state index contributed by atoms with van der Waals surface area (Å²) >= 11 is 0. The number of carboxylic acids is 1. The fraction of sp³-hybridized carbons (Fsp3) is 0.267. The van der Waals surface area contributed by atoms with Gasteiger partial charge < -0.3 is 10.4 Å². The Balaban J connectivity index is 1.82. The van der Waals surface area contributed by atoms with Crippen molar-refractivity contribution in [3.05, 3.63) is 54.0 Å². The van der Waals surface area contributed by atoms with Crippen LogP contribution in [0.5, 0.6) is 0 Å². The summed E-state index contributed by atoms with van der Waals surface area (Å²) in [5.74, 6) is -0.0213. The number of carbonyl (C=O) groups is 1. The van der Waals surface area contributed by atoms with Gasteiger partial charge in [0, 0.05) is 6.54 Å². The molecule has 2 rings (SSSR count). The van der Waals surface area contributed by atoms with Gasteiger partial charge in [-0.3, -0.25) is 0 Å². The van der Waals surface area contributed by atoms with Crippen LogP contribution in [-0.2, 0) is 0 Å². The quantitative estimate of drug-likeness (QED) is 0.845. The van der Waals surface area contributed by atoms with Gasteiger partial charge in [0.25, 0.3) is 0 Å². The van der Waals surface area contributed by atoms with Gasteiger partial charge in [0.2, 0.25) is 0 Å². The van der Waals surface area contributed by atoms with Gasteiger partial charge in [-0.2, -0.15) is 0 Å². The topological polar surface area (TPSA) is 75.1 Å². The molecule has 2 aromatic rings. The third-order valence-corrected chi connectivity index (χ3v) is 3.12. The number of aromatic nitrogens is 2. The number of rotatable bonds is 6. The highest BCUT2D eigenvalue weighted by Crippen LogP contribution is 2.18. The number of anilines is 1. The second kappa shape index (κ2) is 6.65. The van der Waals surface area contributed by atoms with Crippen LogP contribution in [0.25, 0.3) is 0 Å². The number of nitrogens with zero attached hydrogens (tertiary/aromatic N) is 2. The van der Waals surface area contributed by atoms with E-state index in [1.807, 2.05) is 18.2 Å². The minimum Gasteiger partial charge on any atom is -0.476 e. The Bertz CT molecular complexity index is 555. The number of hydrogen-bond donors (Lipinski definition) is 2. The molecule has 0 aliphatic heterocycles. The van der Waals surface area contributed by atoms with Crippen molar-refractivity contribution in [1.29, 1.82) is 0 Å². The average Bonchev–Trinajstić information content (AvgIpc) is 2.48. The third kappa shape index (κ3) is 3.78. The zero-order valence-electron chi connectivity index (χ0n) is 11.3. The first kappa shape index (κ1) is 14.0. The molecule has 1 aromatic carbocycles. The van der Waals surface area contributed by atoms with E-state index < -0.39 is 5.97 Å². The first-order valence-electron chi connectivity index (χ1n) is 6.51. The Labute approximate surface area is 117 Å². The zero-order valence-corrected chi connectivity index (χ0v) is 11.3. The molecule has 1 aromatic heterocycles. The molecular weight excluding hydrogens is 254 g/mol. The molecule has 0 saturated heterocycles. The van der Waals surface area contributed by atoms with Crippen molar-refractivity contribution in [1.82, 2.24) is 9.97 Å². The normalized spacial score (nSPS) is 11.8. The summed E-state index contributed by atoms with van der Waals surface area (Å²) in [4.78, 5) is 18.5. The van der Waals surface area contributed by atoms with Gasteiger partial charge in [0.15, 0.2) is 5.69 Å². The largest absolute Gasteiger partial charge is 0.476 e. The van der Waals surface area contributed by atoms with Crippen LogP contribution >= 0.6 is 0 Å². The first-order chi connectivity index (χ1) is 9.66. The number of hydrogen-bond acceptors (Lipinski definition) is 4. The molecule has 0 amide bonds. The Morgan fingerprint density at radius 3 is 2.60 bits per heavy atom. The predicted molar refractivity (Wildman–Crippen MR) is 77.0 cm³/mol. The standard InChI is InChI=1S/C15H17N3O2/c1-11(12-5-3-2-4-6-12)7-8-16-14-10-17-13(9-18-14)15(19)20/h2-6,9-11H,7-8H2,1H3,(H,16,18)(H,19,20). The van der Waals surface area contributed by atoms with Crippen LogP contribution in [0.15, 0.2) is 42.7 Å². The molecule has 0 fully saturated rings. The minimum atomic E-state index is -1.07. The van der Waals surface area contributed by atoms with Crippen LogP contribution in [0.3, 0.4) is 0 Å². The van der Waals surface area contributed by atoms with Crippen LogP contribution in [0.2, 0.25) is 0 Å². The lowest BCUT2D eigenvalue weighted by Crippen LogP contribution is -2.08. The number of benzene rings is 1. The molecule has 0 spiro atoms. The van der Waals surface area contributed by atoms with Crippen LogP contribution in [0.1, 0.15) is 35.3 Å². The van der Waals surface area contributed by atoms with E-state index in [0.717, 1.165) is 13.0 Å². The number of carboxylic acid groups (broad SMARTS) is 1. The molecule has 5 nitrogen and oxygen atoms in total. The summed E-state index contributed by atoms with van der Waals surface area (Å²) in [5.41, 5.74) is 1.26. The van der Waals surface area contributed by atoms with Gasteiger partial charge in [-0.1, -0.05) is 37.3 Å². The van der Waals surface area contributed by atoms with Gasteiger partial charge in [-0.05, 0) is 17.9 Å². The molecule has 0 aliphatic rings. The Morgan fingerprint density at radius 2 is 2.00 bits per heavy atom. The highest BCUT2D eigenvalue weighted by atomic mass is 16.4. The summed E-state index contributed by atoms with van der Waals surface area (Å²) in [6.07, 6.45) is 3.66.